The van der Waals surface area contributed by atoms with Gasteiger partial charge in [-0.25, -0.2) is 0 Å². The van der Waals surface area contributed by atoms with Crippen molar-refractivity contribution in [3.8, 4) is 0 Å². The van der Waals surface area contributed by atoms with Crippen molar-refractivity contribution in [2.24, 2.45) is 0 Å². The predicted molar refractivity (Wildman–Crippen MR) is 80.4 cm³/mol. The summed E-state index contributed by atoms with van der Waals surface area (Å²) in [5, 5.41) is 13.8. The van der Waals surface area contributed by atoms with Crippen molar-refractivity contribution in [3.63, 3.8) is 0 Å². The van der Waals surface area contributed by atoms with Gasteiger partial charge in [-0.1, -0.05) is 12.1 Å². The first kappa shape index (κ1) is 15.2. The SMILES string of the molecule is CCNC(=O)CN1CCN(c2ccccc2[N+](=O)[O-])CC1. The number of anilines is 1. The molecule has 1 heterocycles. The molecule has 7 nitrogen and oxygen atoms in total. The fourth-order valence-corrected chi connectivity index (χ4v) is 2.49. The molecule has 1 fully saturated rings. The number of benzene rings is 1. The highest BCUT2D eigenvalue weighted by atomic mass is 16.6. The molecule has 1 aliphatic rings. The van der Waals surface area contributed by atoms with Crippen molar-refractivity contribution in [3.05, 3.63) is 34.4 Å². The second-order valence-electron chi connectivity index (χ2n) is 4.96. The smallest absolute Gasteiger partial charge is 0.292 e. The Balaban J connectivity index is 1.95. The minimum absolute atomic E-state index is 0.0247. The third-order valence-corrected chi connectivity index (χ3v) is 3.53. The Morgan fingerprint density at radius 1 is 1.29 bits per heavy atom. The molecule has 1 aromatic rings. The maximum atomic E-state index is 11.6. The first-order valence-electron chi connectivity index (χ1n) is 7.09. The lowest BCUT2D eigenvalue weighted by molar-refractivity contribution is -0.384. The van der Waals surface area contributed by atoms with Crippen LogP contribution in [0.15, 0.2) is 24.3 Å². The molecule has 0 atom stereocenters. The number of piperazine rings is 1. The Bertz CT molecular complexity index is 513. The number of para-hydroxylation sites is 2. The number of amides is 1. The lowest BCUT2D eigenvalue weighted by Gasteiger charge is -2.35. The highest BCUT2D eigenvalue weighted by molar-refractivity contribution is 5.78. The molecule has 0 aliphatic carbocycles. The van der Waals surface area contributed by atoms with Crippen molar-refractivity contribution in [2.75, 3.05) is 44.2 Å². The Kier molecular flexibility index (Phi) is 5.10. The summed E-state index contributed by atoms with van der Waals surface area (Å²) in [5.41, 5.74) is 0.787. The minimum atomic E-state index is -0.351. The van der Waals surface area contributed by atoms with Gasteiger partial charge in [0.15, 0.2) is 0 Å². The summed E-state index contributed by atoms with van der Waals surface area (Å²) in [7, 11) is 0. The summed E-state index contributed by atoms with van der Waals surface area (Å²) < 4.78 is 0. The van der Waals surface area contributed by atoms with Crippen LogP contribution in [0.1, 0.15) is 6.92 Å². The normalized spacial score (nSPS) is 15.8. The van der Waals surface area contributed by atoms with Crippen LogP contribution in [-0.2, 0) is 4.79 Å². The average Bonchev–Trinajstić information content (AvgIpc) is 2.48. The Labute approximate surface area is 123 Å². The molecule has 1 saturated heterocycles. The first-order chi connectivity index (χ1) is 10.1. The van der Waals surface area contributed by atoms with Gasteiger partial charge in [0.05, 0.1) is 11.5 Å². The summed E-state index contributed by atoms with van der Waals surface area (Å²) in [6.45, 7) is 5.73. The molecule has 114 valence electrons. The zero-order valence-electron chi connectivity index (χ0n) is 12.1. The van der Waals surface area contributed by atoms with E-state index in [1.54, 1.807) is 12.1 Å². The number of likely N-dealkylation sites (N-methyl/N-ethyl adjacent to an activating group) is 1. The van der Waals surface area contributed by atoms with Crippen LogP contribution in [0.4, 0.5) is 11.4 Å². The summed E-state index contributed by atoms with van der Waals surface area (Å²) in [5.74, 6) is 0.0247. The van der Waals surface area contributed by atoms with Crippen molar-refractivity contribution in [2.45, 2.75) is 6.92 Å². The molecular formula is C14H20N4O3. The number of hydrogen-bond donors (Lipinski definition) is 1. The fraction of sp³-hybridized carbons (Fsp3) is 0.500. The lowest BCUT2D eigenvalue weighted by atomic mass is 10.2. The molecule has 21 heavy (non-hydrogen) atoms. The molecule has 1 N–H and O–H groups in total. The summed E-state index contributed by atoms with van der Waals surface area (Å²) in [6, 6.07) is 6.78. The monoisotopic (exact) mass is 292 g/mol. The molecule has 7 heteroatoms. The van der Waals surface area contributed by atoms with Gasteiger partial charge < -0.3 is 10.2 Å². The molecule has 0 saturated carbocycles. The van der Waals surface area contributed by atoms with Crippen LogP contribution in [0.3, 0.4) is 0 Å². The highest BCUT2D eigenvalue weighted by Gasteiger charge is 2.23. The zero-order valence-corrected chi connectivity index (χ0v) is 12.1. The lowest BCUT2D eigenvalue weighted by Crippen LogP contribution is -2.49. The topological polar surface area (TPSA) is 78.7 Å². The number of nitrogens with zero attached hydrogens (tertiary/aromatic N) is 3. The molecule has 1 aromatic carbocycles. The zero-order chi connectivity index (χ0) is 15.2. The van der Waals surface area contributed by atoms with E-state index >= 15 is 0 Å². The van der Waals surface area contributed by atoms with Gasteiger partial charge in [0.1, 0.15) is 5.69 Å². The number of carbonyl (C=O) groups excluding carboxylic acids is 1. The van der Waals surface area contributed by atoms with E-state index in [0.717, 1.165) is 13.1 Å². The molecule has 0 radical (unpaired) electrons. The number of hydrogen-bond acceptors (Lipinski definition) is 5. The van der Waals surface area contributed by atoms with Crippen LogP contribution in [-0.4, -0.2) is 55.0 Å². The van der Waals surface area contributed by atoms with Crippen molar-refractivity contribution in [1.29, 1.82) is 0 Å². The van der Waals surface area contributed by atoms with Crippen LogP contribution in [0.5, 0.6) is 0 Å². The molecule has 1 amide bonds. The van der Waals surface area contributed by atoms with E-state index in [-0.39, 0.29) is 16.5 Å². The second-order valence-corrected chi connectivity index (χ2v) is 4.96. The molecule has 1 aliphatic heterocycles. The van der Waals surface area contributed by atoms with Gasteiger partial charge in [0.2, 0.25) is 5.91 Å². The van der Waals surface area contributed by atoms with Gasteiger partial charge in [0.25, 0.3) is 5.69 Å². The maximum absolute atomic E-state index is 11.6. The van der Waals surface area contributed by atoms with Gasteiger partial charge in [-0.3, -0.25) is 19.8 Å². The van der Waals surface area contributed by atoms with E-state index < -0.39 is 0 Å². The van der Waals surface area contributed by atoms with E-state index in [9.17, 15) is 14.9 Å². The molecule has 2 rings (SSSR count). The van der Waals surface area contributed by atoms with Gasteiger partial charge in [0, 0.05) is 38.8 Å². The van der Waals surface area contributed by atoms with Gasteiger partial charge >= 0.3 is 0 Å². The molecule has 0 bridgehead atoms. The third kappa shape index (κ3) is 3.91. The van der Waals surface area contributed by atoms with Crippen molar-refractivity contribution < 1.29 is 9.72 Å². The van der Waals surface area contributed by atoms with Crippen LogP contribution in [0, 0.1) is 10.1 Å². The van der Waals surface area contributed by atoms with Gasteiger partial charge in [-0.15, -0.1) is 0 Å². The van der Waals surface area contributed by atoms with E-state index in [1.807, 2.05) is 17.9 Å². The molecule has 0 unspecified atom stereocenters. The highest BCUT2D eigenvalue weighted by Crippen LogP contribution is 2.28. The number of carbonyl (C=O) groups is 1. The van der Waals surface area contributed by atoms with E-state index in [2.05, 4.69) is 10.2 Å². The van der Waals surface area contributed by atoms with Crippen molar-refractivity contribution >= 4 is 17.3 Å². The van der Waals surface area contributed by atoms with Gasteiger partial charge in [-0.2, -0.15) is 0 Å². The predicted octanol–water partition coefficient (Wildman–Crippen LogP) is 0.853. The number of nitro groups is 1. The maximum Gasteiger partial charge on any atom is 0.292 e. The number of rotatable bonds is 5. The van der Waals surface area contributed by atoms with Crippen LogP contribution < -0.4 is 10.2 Å². The molecule has 0 spiro atoms. The molecular weight excluding hydrogens is 272 g/mol. The quantitative estimate of drug-likeness (QED) is 0.643. The van der Waals surface area contributed by atoms with Crippen LogP contribution in [0.25, 0.3) is 0 Å². The second kappa shape index (κ2) is 7.03. The van der Waals surface area contributed by atoms with Crippen LogP contribution >= 0.6 is 0 Å². The fourth-order valence-electron chi connectivity index (χ4n) is 2.49. The Morgan fingerprint density at radius 2 is 1.95 bits per heavy atom. The van der Waals surface area contributed by atoms with Crippen molar-refractivity contribution in [1.82, 2.24) is 10.2 Å². The number of nitrogens with one attached hydrogen (secondary N) is 1. The van der Waals surface area contributed by atoms with Crippen LogP contribution in [0.2, 0.25) is 0 Å². The Morgan fingerprint density at radius 3 is 2.57 bits per heavy atom. The summed E-state index contributed by atoms with van der Waals surface area (Å²) in [6.07, 6.45) is 0. The average molecular weight is 292 g/mol. The summed E-state index contributed by atoms with van der Waals surface area (Å²) in [4.78, 5) is 26.3. The Hall–Kier alpha value is -2.15. The van der Waals surface area contributed by atoms with E-state index in [0.29, 0.717) is 31.9 Å². The van der Waals surface area contributed by atoms with E-state index in [1.165, 1.54) is 6.07 Å². The van der Waals surface area contributed by atoms with Gasteiger partial charge in [-0.05, 0) is 13.0 Å². The number of nitro benzene ring substituents is 1. The third-order valence-electron chi connectivity index (χ3n) is 3.53. The first-order valence-corrected chi connectivity index (χ1v) is 7.09. The standard InChI is InChI=1S/C14H20N4O3/c1-2-15-14(19)11-16-7-9-17(10-8-16)12-5-3-4-6-13(12)18(20)21/h3-6H,2,7-11H2,1H3,(H,15,19). The minimum Gasteiger partial charge on any atom is -0.363 e. The largest absolute Gasteiger partial charge is 0.363 e. The van der Waals surface area contributed by atoms with E-state index in [4.69, 9.17) is 0 Å². The molecule has 0 aromatic heterocycles. The summed E-state index contributed by atoms with van der Waals surface area (Å²) >= 11 is 0.